The van der Waals surface area contributed by atoms with Crippen molar-refractivity contribution in [3.63, 3.8) is 0 Å². The molecule has 0 amide bonds. The summed E-state index contributed by atoms with van der Waals surface area (Å²) in [7, 11) is 0. The molecule has 10 nitrogen and oxygen atoms in total. The molecule has 0 fully saturated rings. The second-order valence-electron chi connectivity index (χ2n) is 11.3. The molecule has 11 heteroatoms. The summed E-state index contributed by atoms with van der Waals surface area (Å²) in [4.78, 5) is 16.1. The van der Waals surface area contributed by atoms with Gasteiger partial charge in [0.2, 0.25) is 5.13 Å². The van der Waals surface area contributed by atoms with E-state index >= 15 is 0 Å². The Kier molecular flexibility index (Phi) is 10.3. The fourth-order valence-corrected chi connectivity index (χ4v) is 5.92. The Labute approximate surface area is 284 Å². The molecule has 7 N–H and O–H groups in total. The molecule has 1 atom stereocenters. The van der Waals surface area contributed by atoms with Crippen molar-refractivity contribution in [1.82, 2.24) is 4.98 Å². The molecule has 6 rings (SSSR count). The van der Waals surface area contributed by atoms with Gasteiger partial charge in [-0.1, -0.05) is 55.5 Å². The topological polar surface area (TPSA) is 123 Å². The van der Waals surface area contributed by atoms with E-state index in [2.05, 4.69) is 117 Å². The molecule has 0 bridgehead atoms. The van der Waals surface area contributed by atoms with E-state index in [1.807, 2.05) is 41.8 Å². The largest absolute Gasteiger partial charge is 0.466 e. The summed E-state index contributed by atoms with van der Waals surface area (Å²) in [6.07, 6.45) is 1.22. The van der Waals surface area contributed by atoms with Gasteiger partial charge in [0.1, 0.15) is 0 Å². The van der Waals surface area contributed by atoms with Crippen LogP contribution in [0.5, 0.6) is 0 Å². The van der Waals surface area contributed by atoms with Gasteiger partial charge in [-0.15, -0.1) is 11.3 Å². The molecule has 1 aromatic heterocycles. The number of ether oxygens (including phenoxy) is 1. The minimum absolute atomic E-state index is 0.160. The predicted molar refractivity (Wildman–Crippen MR) is 202 cm³/mol. The maximum absolute atomic E-state index is 11.7. The van der Waals surface area contributed by atoms with Crippen LogP contribution in [-0.2, 0) is 16.0 Å². The molecular formula is C37H40N8O2S. The first-order valence-corrected chi connectivity index (χ1v) is 16.9. The zero-order valence-corrected chi connectivity index (χ0v) is 28.0. The zero-order valence-electron chi connectivity index (χ0n) is 27.2. The third-order valence-electron chi connectivity index (χ3n) is 7.92. The number of hydrogen-bond donors (Lipinski definition) is 7. The van der Waals surface area contributed by atoms with Gasteiger partial charge in [-0.05, 0) is 68.8 Å². The number of fused-ring (bicyclic) bond motifs is 2. The Morgan fingerprint density at radius 1 is 0.667 bits per heavy atom. The minimum Gasteiger partial charge on any atom is -0.466 e. The Morgan fingerprint density at radius 3 is 1.67 bits per heavy atom. The average Bonchev–Trinajstić information content (AvgIpc) is 3.57. The maximum atomic E-state index is 11.7. The summed E-state index contributed by atoms with van der Waals surface area (Å²) >= 11 is 1.42. The lowest BCUT2D eigenvalue weighted by atomic mass is 10.1. The summed E-state index contributed by atoms with van der Waals surface area (Å²) in [6, 6.07) is 33.4. The van der Waals surface area contributed by atoms with Crippen LogP contribution >= 0.6 is 11.3 Å². The van der Waals surface area contributed by atoms with Crippen molar-refractivity contribution >= 4 is 78.1 Å². The first-order chi connectivity index (χ1) is 23.5. The van der Waals surface area contributed by atoms with Crippen molar-refractivity contribution in [2.75, 3.05) is 44.5 Å². The Bertz CT molecular complexity index is 2000. The fourth-order valence-electron chi connectivity index (χ4n) is 5.26. The molecule has 1 unspecified atom stereocenters. The lowest BCUT2D eigenvalue weighted by Crippen LogP contribution is -2.14. The number of rotatable bonds is 15. The summed E-state index contributed by atoms with van der Waals surface area (Å²) in [6.45, 7) is 6.54. The van der Waals surface area contributed by atoms with E-state index in [0.717, 1.165) is 56.7 Å². The van der Waals surface area contributed by atoms with Gasteiger partial charge < -0.3 is 31.8 Å². The molecule has 0 radical (unpaired) electrons. The van der Waals surface area contributed by atoms with Crippen LogP contribution in [0.25, 0.3) is 21.5 Å². The van der Waals surface area contributed by atoms with Gasteiger partial charge >= 0.3 is 5.97 Å². The minimum atomic E-state index is -0.280. The summed E-state index contributed by atoms with van der Waals surface area (Å²) in [5.41, 5.74) is 26.3. The van der Waals surface area contributed by atoms with Gasteiger partial charge in [0.05, 0.1) is 47.2 Å². The predicted octanol–water partition coefficient (Wildman–Crippen LogP) is 9.08. The van der Waals surface area contributed by atoms with E-state index in [4.69, 9.17) is 4.74 Å². The first kappa shape index (κ1) is 32.3. The van der Waals surface area contributed by atoms with E-state index in [0.29, 0.717) is 23.5 Å². The van der Waals surface area contributed by atoms with Gasteiger partial charge in [0.25, 0.3) is 0 Å². The quantitative estimate of drug-likeness (QED) is 0.0424. The highest BCUT2D eigenvalue weighted by Crippen LogP contribution is 2.33. The fraction of sp³-hybridized carbons (Fsp3) is 0.189. The van der Waals surface area contributed by atoms with Crippen LogP contribution in [0.1, 0.15) is 32.9 Å². The summed E-state index contributed by atoms with van der Waals surface area (Å²) in [5, 5.41) is 10.6. The number of nitrogens with zero attached hydrogens (tertiary/aromatic N) is 1. The molecule has 0 aliphatic heterocycles. The van der Waals surface area contributed by atoms with Crippen LogP contribution < -0.4 is 37.9 Å². The van der Waals surface area contributed by atoms with Crippen LogP contribution in [-0.4, -0.2) is 23.6 Å². The Balaban J connectivity index is 1.08. The normalized spacial score (nSPS) is 11.5. The molecule has 0 spiro atoms. The van der Waals surface area contributed by atoms with Gasteiger partial charge in [-0.25, -0.2) is 4.98 Å². The van der Waals surface area contributed by atoms with Crippen molar-refractivity contribution in [2.45, 2.75) is 39.7 Å². The van der Waals surface area contributed by atoms with E-state index in [-0.39, 0.29) is 12.4 Å². The number of benzene rings is 5. The van der Waals surface area contributed by atoms with Crippen LogP contribution in [0, 0.1) is 0 Å². The molecule has 0 aliphatic rings. The lowest BCUT2D eigenvalue weighted by Gasteiger charge is -2.19. The number of hydrazine groups is 3. The number of thiazole rings is 1. The van der Waals surface area contributed by atoms with Crippen molar-refractivity contribution in [3.8, 4) is 0 Å². The summed E-state index contributed by atoms with van der Waals surface area (Å²) < 4.78 is 4.99. The molecule has 6 aromatic rings. The third kappa shape index (κ3) is 7.81. The van der Waals surface area contributed by atoms with E-state index in [1.165, 1.54) is 16.7 Å². The molecule has 1 heterocycles. The number of carbonyl (C=O) groups is 1. The van der Waals surface area contributed by atoms with Crippen LogP contribution in [0.4, 0.5) is 39.3 Å². The zero-order chi connectivity index (χ0) is 33.3. The van der Waals surface area contributed by atoms with Crippen molar-refractivity contribution < 1.29 is 9.53 Å². The van der Waals surface area contributed by atoms with Gasteiger partial charge in [0, 0.05) is 38.7 Å². The second-order valence-corrected chi connectivity index (χ2v) is 12.2. The van der Waals surface area contributed by atoms with Crippen LogP contribution in [0.15, 0.2) is 102 Å². The van der Waals surface area contributed by atoms with Crippen molar-refractivity contribution in [1.29, 1.82) is 0 Å². The highest BCUT2D eigenvalue weighted by atomic mass is 32.1. The first-order valence-electron chi connectivity index (χ1n) is 16.1. The number of esters is 1. The number of aromatic nitrogens is 1. The number of hydrogen-bond acceptors (Lipinski definition) is 11. The monoisotopic (exact) mass is 660 g/mol. The lowest BCUT2D eigenvalue weighted by molar-refractivity contribution is -0.142. The van der Waals surface area contributed by atoms with Crippen LogP contribution in [0.3, 0.4) is 0 Å². The standard InChI is InChI=1S/C37H40N8O2S/c1-4-24(3)38-32-18-19-34(29-11-7-6-10-28(29)32)43-44-35-21-20-33(30-12-8-9-13-31(30)35)42-40-25-14-16-26(17-15-25)41-45-37-39-27(23-48-37)22-36(46)47-5-2/h6-21,23-24,38,40-44H,4-5,22H2,1-3H3,(H,39,45). The smallest absolute Gasteiger partial charge is 0.311 e. The molecule has 0 aliphatic carbocycles. The van der Waals surface area contributed by atoms with E-state index in [1.54, 1.807) is 6.92 Å². The highest BCUT2D eigenvalue weighted by Gasteiger charge is 2.11. The van der Waals surface area contributed by atoms with Gasteiger partial charge in [0.15, 0.2) is 0 Å². The Morgan fingerprint density at radius 2 is 1.15 bits per heavy atom. The van der Waals surface area contributed by atoms with Crippen molar-refractivity contribution in [2.24, 2.45) is 0 Å². The maximum Gasteiger partial charge on any atom is 0.311 e. The Hall–Kier alpha value is -5.68. The number of anilines is 7. The molecule has 246 valence electrons. The average molecular weight is 661 g/mol. The van der Waals surface area contributed by atoms with E-state index < -0.39 is 0 Å². The molecule has 48 heavy (non-hydrogen) atoms. The molecular weight excluding hydrogens is 621 g/mol. The number of carbonyl (C=O) groups excluding carboxylic acids is 1. The number of nitrogens with one attached hydrogen (secondary N) is 7. The molecule has 5 aromatic carbocycles. The third-order valence-corrected chi connectivity index (χ3v) is 8.72. The SMILES string of the molecule is CCOC(=O)Cc1csc(NNc2ccc(NNc3ccc(NNc4ccc(NC(C)CC)c5ccccc45)c4ccccc34)cc2)n1. The molecule has 0 saturated heterocycles. The second kappa shape index (κ2) is 15.3. The van der Waals surface area contributed by atoms with Gasteiger partial charge in [-0.2, -0.15) is 0 Å². The van der Waals surface area contributed by atoms with E-state index in [9.17, 15) is 4.79 Å². The summed E-state index contributed by atoms with van der Waals surface area (Å²) in [5.74, 6) is -0.280. The molecule has 0 saturated carbocycles. The van der Waals surface area contributed by atoms with Gasteiger partial charge in [-0.3, -0.25) is 15.6 Å². The highest BCUT2D eigenvalue weighted by molar-refractivity contribution is 7.13. The van der Waals surface area contributed by atoms with Crippen LogP contribution in [0.2, 0.25) is 0 Å². The van der Waals surface area contributed by atoms with Crippen molar-refractivity contribution in [3.05, 3.63) is 108 Å².